The number of nitrogens with one attached hydrogen (secondary N) is 2. The highest BCUT2D eigenvalue weighted by Gasteiger charge is 2.19. The van der Waals surface area contributed by atoms with E-state index in [4.69, 9.17) is 0 Å². The highest BCUT2D eigenvalue weighted by molar-refractivity contribution is 7.92. The summed E-state index contributed by atoms with van der Waals surface area (Å²) in [4.78, 5) is 5.49. The van der Waals surface area contributed by atoms with Crippen LogP contribution < -0.4 is 9.62 Å². The summed E-state index contributed by atoms with van der Waals surface area (Å²) in [5.41, 5.74) is 2.76. The van der Waals surface area contributed by atoms with Crippen LogP contribution in [0.3, 0.4) is 0 Å². The Bertz CT molecular complexity index is 858. The summed E-state index contributed by atoms with van der Waals surface area (Å²) >= 11 is 0. The number of sulfonamides is 1. The Labute approximate surface area is 135 Å². The van der Waals surface area contributed by atoms with Crippen LogP contribution in [0.25, 0.3) is 11.3 Å². The molecule has 0 unspecified atom stereocenters. The fourth-order valence-electron chi connectivity index (χ4n) is 2.84. The zero-order valence-electron chi connectivity index (χ0n) is 12.8. The predicted molar refractivity (Wildman–Crippen MR) is 90.9 cm³/mol. The van der Waals surface area contributed by atoms with Gasteiger partial charge >= 0.3 is 0 Å². The SMILES string of the molecule is CS(=O)(=O)Nc1cccc(-c2cc(C#N)c(N3CCCC3)[nH]2)c1. The fraction of sp³-hybridized carbons (Fsp3) is 0.312. The van der Waals surface area contributed by atoms with Gasteiger partial charge in [-0.3, -0.25) is 4.72 Å². The van der Waals surface area contributed by atoms with E-state index >= 15 is 0 Å². The first-order valence-electron chi connectivity index (χ1n) is 7.42. The Hall–Kier alpha value is -2.46. The first-order chi connectivity index (χ1) is 11.0. The topological polar surface area (TPSA) is 89.0 Å². The van der Waals surface area contributed by atoms with Crippen molar-refractivity contribution in [3.05, 3.63) is 35.9 Å². The lowest BCUT2D eigenvalue weighted by atomic mass is 10.1. The second-order valence-electron chi connectivity index (χ2n) is 5.71. The summed E-state index contributed by atoms with van der Waals surface area (Å²) in [5, 5.41) is 9.36. The highest BCUT2D eigenvalue weighted by Crippen LogP contribution is 2.30. The molecule has 0 aliphatic carbocycles. The third-order valence-electron chi connectivity index (χ3n) is 3.82. The van der Waals surface area contributed by atoms with Crippen LogP contribution in [0.2, 0.25) is 0 Å². The molecule has 1 aliphatic heterocycles. The van der Waals surface area contributed by atoms with E-state index in [0.29, 0.717) is 11.3 Å². The van der Waals surface area contributed by atoms with Crippen molar-refractivity contribution in [1.82, 2.24) is 4.98 Å². The summed E-state index contributed by atoms with van der Waals surface area (Å²) in [6.07, 6.45) is 3.38. The van der Waals surface area contributed by atoms with E-state index in [2.05, 4.69) is 20.7 Å². The third-order valence-corrected chi connectivity index (χ3v) is 4.42. The quantitative estimate of drug-likeness (QED) is 0.901. The zero-order chi connectivity index (χ0) is 16.4. The van der Waals surface area contributed by atoms with Crippen LogP contribution >= 0.6 is 0 Å². The van der Waals surface area contributed by atoms with Gasteiger partial charge in [-0.2, -0.15) is 5.26 Å². The Morgan fingerprint density at radius 1 is 1.26 bits per heavy atom. The van der Waals surface area contributed by atoms with Gasteiger partial charge in [-0.05, 0) is 31.0 Å². The van der Waals surface area contributed by atoms with E-state index in [1.165, 1.54) is 0 Å². The minimum Gasteiger partial charge on any atom is -0.357 e. The molecule has 0 radical (unpaired) electrons. The van der Waals surface area contributed by atoms with Gasteiger partial charge in [0.2, 0.25) is 10.0 Å². The molecule has 0 atom stereocenters. The minimum absolute atomic E-state index is 0.501. The van der Waals surface area contributed by atoms with E-state index in [-0.39, 0.29) is 0 Å². The van der Waals surface area contributed by atoms with E-state index in [9.17, 15) is 13.7 Å². The summed E-state index contributed by atoms with van der Waals surface area (Å²) in [7, 11) is -3.32. The third kappa shape index (κ3) is 3.48. The van der Waals surface area contributed by atoms with Crippen molar-refractivity contribution in [2.75, 3.05) is 29.0 Å². The molecule has 7 heteroatoms. The molecular formula is C16H18N4O2S. The summed E-state index contributed by atoms with van der Waals surface area (Å²) < 4.78 is 25.2. The molecule has 0 spiro atoms. The lowest BCUT2D eigenvalue weighted by Crippen LogP contribution is -2.18. The Kier molecular flexibility index (Phi) is 4.01. The van der Waals surface area contributed by atoms with E-state index < -0.39 is 10.0 Å². The Balaban J connectivity index is 1.96. The van der Waals surface area contributed by atoms with Crippen LogP contribution in [0, 0.1) is 11.3 Å². The first kappa shape index (κ1) is 15.4. The molecule has 2 N–H and O–H groups in total. The van der Waals surface area contributed by atoms with E-state index in [1.807, 2.05) is 12.1 Å². The molecule has 2 heterocycles. The van der Waals surface area contributed by atoms with Gasteiger partial charge in [-0.25, -0.2) is 8.42 Å². The number of benzene rings is 1. The second kappa shape index (κ2) is 5.97. The molecule has 2 aromatic rings. The van der Waals surface area contributed by atoms with Gasteiger partial charge < -0.3 is 9.88 Å². The maximum atomic E-state index is 11.4. The van der Waals surface area contributed by atoms with Crippen molar-refractivity contribution in [1.29, 1.82) is 5.26 Å². The van der Waals surface area contributed by atoms with Gasteiger partial charge in [-0.1, -0.05) is 12.1 Å². The standard InChI is InChI=1S/C16H18N4O2S/c1-23(21,22)19-14-6-4-5-12(9-14)15-10-13(11-17)16(18-15)20-7-2-3-8-20/h4-6,9-10,18-19H,2-3,7-8H2,1H3. The first-order valence-corrected chi connectivity index (χ1v) is 9.32. The number of aromatic amines is 1. The summed E-state index contributed by atoms with van der Waals surface area (Å²) in [5.74, 6) is 0.849. The summed E-state index contributed by atoms with van der Waals surface area (Å²) in [6, 6.07) is 11.2. The van der Waals surface area contributed by atoms with E-state index in [0.717, 1.165) is 49.3 Å². The number of nitriles is 1. The monoisotopic (exact) mass is 330 g/mol. The van der Waals surface area contributed by atoms with Crippen LogP contribution in [-0.2, 0) is 10.0 Å². The molecule has 1 aromatic carbocycles. The van der Waals surface area contributed by atoms with Crippen LogP contribution in [-0.4, -0.2) is 32.7 Å². The molecule has 0 saturated carbocycles. The number of hydrogen-bond acceptors (Lipinski definition) is 4. The smallest absolute Gasteiger partial charge is 0.229 e. The second-order valence-corrected chi connectivity index (χ2v) is 7.45. The highest BCUT2D eigenvalue weighted by atomic mass is 32.2. The molecule has 3 rings (SSSR count). The zero-order valence-corrected chi connectivity index (χ0v) is 13.7. The van der Waals surface area contributed by atoms with Gasteiger partial charge in [0.15, 0.2) is 0 Å². The maximum Gasteiger partial charge on any atom is 0.229 e. The number of rotatable bonds is 4. The van der Waals surface area contributed by atoms with Crippen LogP contribution in [0.4, 0.5) is 11.5 Å². The fourth-order valence-corrected chi connectivity index (χ4v) is 3.39. The molecular weight excluding hydrogens is 312 g/mol. The van der Waals surface area contributed by atoms with Crippen LogP contribution in [0.5, 0.6) is 0 Å². The molecule has 1 aliphatic rings. The average Bonchev–Trinajstić information content (AvgIpc) is 3.14. The molecule has 1 fully saturated rings. The van der Waals surface area contributed by atoms with Crippen molar-refractivity contribution < 1.29 is 8.42 Å². The molecule has 0 bridgehead atoms. The van der Waals surface area contributed by atoms with Crippen molar-refractivity contribution in [2.24, 2.45) is 0 Å². The predicted octanol–water partition coefficient (Wildman–Crippen LogP) is 2.53. The molecule has 23 heavy (non-hydrogen) atoms. The van der Waals surface area contributed by atoms with Crippen molar-refractivity contribution in [3.63, 3.8) is 0 Å². The molecule has 6 nitrogen and oxygen atoms in total. The minimum atomic E-state index is -3.32. The molecule has 1 saturated heterocycles. The number of H-pyrrole nitrogens is 1. The number of aromatic nitrogens is 1. The van der Waals surface area contributed by atoms with Crippen molar-refractivity contribution >= 4 is 21.5 Å². The van der Waals surface area contributed by atoms with Crippen molar-refractivity contribution in [2.45, 2.75) is 12.8 Å². The normalized spacial score (nSPS) is 14.7. The maximum absolute atomic E-state index is 11.4. The average molecular weight is 330 g/mol. The number of nitrogens with zero attached hydrogens (tertiary/aromatic N) is 2. The van der Waals surface area contributed by atoms with Gasteiger partial charge in [0.05, 0.1) is 11.8 Å². The van der Waals surface area contributed by atoms with Crippen molar-refractivity contribution in [3.8, 4) is 17.3 Å². The van der Waals surface area contributed by atoms with E-state index in [1.54, 1.807) is 18.2 Å². The molecule has 1 aromatic heterocycles. The van der Waals surface area contributed by atoms with Gasteiger partial charge in [0.1, 0.15) is 11.9 Å². The number of anilines is 2. The van der Waals surface area contributed by atoms with Gasteiger partial charge in [-0.15, -0.1) is 0 Å². The Morgan fingerprint density at radius 3 is 2.65 bits per heavy atom. The lowest BCUT2D eigenvalue weighted by Gasteiger charge is -2.15. The van der Waals surface area contributed by atoms with Crippen LogP contribution in [0.15, 0.2) is 30.3 Å². The number of hydrogen-bond donors (Lipinski definition) is 2. The summed E-state index contributed by atoms with van der Waals surface area (Å²) in [6.45, 7) is 1.90. The molecule has 0 amide bonds. The van der Waals surface area contributed by atoms with Gasteiger partial charge in [0.25, 0.3) is 0 Å². The Morgan fingerprint density at radius 2 is 2.00 bits per heavy atom. The van der Waals surface area contributed by atoms with Gasteiger partial charge in [0, 0.05) is 30.0 Å². The molecule has 120 valence electrons. The largest absolute Gasteiger partial charge is 0.357 e. The van der Waals surface area contributed by atoms with Crippen LogP contribution in [0.1, 0.15) is 18.4 Å². The lowest BCUT2D eigenvalue weighted by molar-refractivity contribution is 0.607.